The van der Waals surface area contributed by atoms with E-state index >= 15 is 0 Å². The van der Waals surface area contributed by atoms with Crippen molar-refractivity contribution in [3.63, 3.8) is 0 Å². The first-order valence-electron chi connectivity index (χ1n) is 11.0. The number of nitrogens with zero attached hydrogens (tertiary/aromatic N) is 3. The van der Waals surface area contributed by atoms with Crippen molar-refractivity contribution in [1.29, 1.82) is 0 Å². The Labute approximate surface area is 289 Å². The van der Waals surface area contributed by atoms with Crippen LogP contribution in [-0.2, 0) is 30.3 Å². The number of nitro benzene ring substituents is 1. The molecule has 15 nitrogen and oxygen atoms in total. The SMILES string of the molecule is Cc1ccc(S(=O)(=O)Nc2cc(S(=O)(=O)[O-])cc3cc(S(=O)(=O)[O-])c(N=Nc4ccc([N+](=O)[O-])cc4)c(O)c23)cc1.[Na+].[Na+]. The quantitative estimate of drug-likeness (QED) is 0.0671. The third-order valence-electron chi connectivity index (χ3n) is 5.58. The molecule has 0 aliphatic carbocycles. The number of sulfonamides is 1. The number of aryl methyl sites for hydroxylation is 1. The largest absolute Gasteiger partial charge is 1.00 e. The Balaban J connectivity index is 0.00000323. The van der Waals surface area contributed by atoms with Gasteiger partial charge in [0.25, 0.3) is 15.7 Å². The molecule has 43 heavy (non-hydrogen) atoms. The smallest absolute Gasteiger partial charge is 0.744 e. The molecule has 214 valence electrons. The monoisotopic (exact) mass is 666 g/mol. The molecule has 0 atom stereocenters. The third-order valence-corrected chi connectivity index (χ3v) is 8.63. The maximum Gasteiger partial charge on any atom is 1.00 e. The Morgan fingerprint density at radius 3 is 1.88 bits per heavy atom. The average molecular weight is 667 g/mol. The molecule has 0 saturated carbocycles. The van der Waals surface area contributed by atoms with Gasteiger partial charge in [0.05, 0.1) is 36.4 Å². The predicted molar refractivity (Wildman–Crippen MR) is 141 cm³/mol. The standard InChI is InChI=1S/C23H18N4O11S3.2Na/c1-13-2-8-17(9-3-13)39(31,32)26-19-12-18(40(33,34)35)10-14-11-20(41(36,37)38)22(23(28)21(14)19)25-24-15-4-6-16(7-5-15)27(29)30;;/h2-12,26,28H,1H3,(H,33,34,35)(H,36,37,38);;/q;2*+1/p-2. The number of phenolic OH excluding ortho intramolecular Hbond substituents is 1. The van der Waals surface area contributed by atoms with Gasteiger partial charge in [0.1, 0.15) is 25.9 Å². The van der Waals surface area contributed by atoms with Gasteiger partial charge in [-0.05, 0) is 54.8 Å². The molecule has 0 fully saturated rings. The van der Waals surface area contributed by atoms with Crippen molar-refractivity contribution in [2.45, 2.75) is 21.6 Å². The zero-order chi connectivity index (χ0) is 30.3. The van der Waals surface area contributed by atoms with Crippen molar-refractivity contribution in [2.75, 3.05) is 4.72 Å². The molecule has 0 aliphatic heterocycles. The number of fused-ring (bicyclic) bond motifs is 1. The second-order valence-corrected chi connectivity index (χ2v) is 12.9. The van der Waals surface area contributed by atoms with Crippen LogP contribution < -0.4 is 63.8 Å². The predicted octanol–water partition coefficient (Wildman–Crippen LogP) is -2.21. The summed E-state index contributed by atoms with van der Waals surface area (Å²) in [5, 5.41) is 28.2. The molecule has 20 heteroatoms. The fraction of sp³-hybridized carbons (Fsp3) is 0.0435. The molecule has 0 radical (unpaired) electrons. The van der Waals surface area contributed by atoms with Gasteiger partial charge in [-0.15, -0.1) is 5.11 Å². The summed E-state index contributed by atoms with van der Waals surface area (Å²) in [6, 6.07) is 11.7. The number of nitrogens with one attached hydrogen (secondary N) is 1. The molecule has 4 aromatic rings. The topological polar surface area (TPSA) is 249 Å². The van der Waals surface area contributed by atoms with E-state index in [-0.39, 0.29) is 75.4 Å². The van der Waals surface area contributed by atoms with Crippen LogP contribution in [0.5, 0.6) is 5.75 Å². The maximum atomic E-state index is 13.1. The number of rotatable bonds is 8. The molecule has 0 aliphatic rings. The van der Waals surface area contributed by atoms with E-state index in [2.05, 4.69) is 15.0 Å². The Hall–Kier alpha value is -2.49. The van der Waals surface area contributed by atoms with Crippen LogP contribution in [0, 0.1) is 17.0 Å². The molecule has 4 rings (SSSR count). The molecule has 0 bridgehead atoms. The summed E-state index contributed by atoms with van der Waals surface area (Å²) in [7, 11) is -15.2. The van der Waals surface area contributed by atoms with E-state index in [1.54, 1.807) is 6.92 Å². The van der Waals surface area contributed by atoms with Gasteiger partial charge in [-0.25, -0.2) is 25.3 Å². The van der Waals surface area contributed by atoms with Crippen LogP contribution in [0.1, 0.15) is 5.56 Å². The number of aromatic hydroxyl groups is 1. The fourth-order valence-electron chi connectivity index (χ4n) is 3.64. The van der Waals surface area contributed by atoms with Gasteiger partial charge in [0, 0.05) is 12.1 Å². The Morgan fingerprint density at radius 2 is 1.37 bits per heavy atom. The van der Waals surface area contributed by atoms with Crippen molar-refractivity contribution >= 4 is 63.8 Å². The molecule has 0 saturated heterocycles. The van der Waals surface area contributed by atoms with Crippen LogP contribution in [-0.4, -0.2) is 44.4 Å². The maximum absolute atomic E-state index is 13.1. The van der Waals surface area contributed by atoms with Gasteiger partial charge in [0.2, 0.25) is 0 Å². The van der Waals surface area contributed by atoms with Crippen molar-refractivity contribution in [2.24, 2.45) is 10.2 Å². The van der Waals surface area contributed by atoms with E-state index in [0.29, 0.717) is 18.2 Å². The summed E-state index contributed by atoms with van der Waals surface area (Å²) < 4.78 is 99.8. The first kappa shape index (κ1) is 36.7. The van der Waals surface area contributed by atoms with Gasteiger partial charge in [-0.3, -0.25) is 14.8 Å². The van der Waals surface area contributed by atoms with E-state index in [4.69, 9.17) is 0 Å². The summed E-state index contributed by atoms with van der Waals surface area (Å²) in [6.07, 6.45) is 0. The zero-order valence-electron chi connectivity index (χ0n) is 22.4. The summed E-state index contributed by atoms with van der Waals surface area (Å²) in [4.78, 5) is 7.71. The summed E-state index contributed by atoms with van der Waals surface area (Å²) in [5.41, 5.74) is -1.23. The molecule has 4 aromatic carbocycles. The number of anilines is 1. The van der Waals surface area contributed by atoms with Gasteiger partial charge in [-0.1, -0.05) is 17.7 Å². The van der Waals surface area contributed by atoms with E-state index < -0.39 is 72.9 Å². The van der Waals surface area contributed by atoms with E-state index in [0.717, 1.165) is 29.8 Å². The third kappa shape index (κ3) is 8.37. The van der Waals surface area contributed by atoms with Crippen molar-refractivity contribution in [3.8, 4) is 5.75 Å². The first-order valence-corrected chi connectivity index (χ1v) is 15.3. The number of azo groups is 1. The minimum absolute atomic E-state index is 0. The minimum atomic E-state index is -5.43. The van der Waals surface area contributed by atoms with E-state index in [1.165, 1.54) is 24.3 Å². The first-order chi connectivity index (χ1) is 19.0. The molecule has 0 spiro atoms. The molecular formula is C23H16N4Na2O11S3. The summed E-state index contributed by atoms with van der Waals surface area (Å²) >= 11 is 0. The average Bonchev–Trinajstić information content (AvgIpc) is 2.87. The van der Waals surface area contributed by atoms with Crippen LogP contribution in [0.2, 0.25) is 0 Å². The molecule has 0 unspecified atom stereocenters. The van der Waals surface area contributed by atoms with Crippen molar-refractivity contribution < 1.29 is 104 Å². The molecular weight excluding hydrogens is 650 g/mol. The van der Waals surface area contributed by atoms with E-state index in [9.17, 15) is 49.6 Å². The fourth-order valence-corrected chi connectivity index (χ4v) is 5.88. The van der Waals surface area contributed by atoms with Gasteiger partial charge >= 0.3 is 59.1 Å². The second kappa shape index (κ2) is 13.7. The normalized spacial score (nSPS) is 12.0. The number of nitro groups is 1. The number of hydrogen-bond acceptors (Lipinski definition) is 13. The van der Waals surface area contributed by atoms with Gasteiger partial charge in [-0.2, -0.15) is 5.11 Å². The molecule has 0 amide bonds. The molecule has 2 N–H and O–H groups in total. The van der Waals surface area contributed by atoms with Crippen molar-refractivity contribution in [3.05, 3.63) is 82.4 Å². The number of benzene rings is 4. The Morgan fingerprint density at radius 1 is 0.791 bits per heavy atom. The zero-order valence-corrected chi connectivity index (χ0v) is 28.9. The van der Waals surface area contributed by atoms with Crippen LogP contribution in [0.3, 0.4) is 0 Å². The van der Waals surface area contributed by atoms with Crippen LogP contribution in [0.25, 0.3) is 10.8 Å². The number of non-ortho nitro benzene ring substituents is 1. The summed E-state index contributed by atoms with van der Waals surface area (Å²) in [6.45, 7) is 1.70. The Bertz CT molecular complexity index is 2070. The minimum Gasteiger partial charge on any atom is -0.744 e. The van der Waals surface area contributed by atoms with Crippen LogP contribution >= 0.6 is 0 Å². The Kier molecular flexibility index (Phi) is 11.7. The van der Waals surface area contributed by atoms with Crippen LogP contribution in [0.15, 0.2) is 91.6 Å². The number of phenols is 1. The number of hydrogen-bond donors (Lipinski definition) is 2. The van der Waals surface area contributed by atoms with E-state index in [1.807, 2.05) is 0 Å². The van der Waals surface area contributed by atoms with Gasteiger partial charge < -0.3 is 14.2 Å². The molecule has 0 aromatic heterocycles. The van der Waals surface area contributed by atoms with Crippen LogP contribution in [0.4, 0.5) is 22.7 Å². The molecule has 0 heterocycles. The van der Waals surface area contributed by atoms with Gasteiger partial charge in [0.15, 0.2) is 5.75 Å². The summed E-state index contributed by atoms with van der Waals surface area (Å²) in [5.74, 6) is -1.10. The second-order valence-electron chi connectivity index (χ2n) is 8.44. The van der Waals surface area contributed by atoms with Crippen molar-refractivity contribution in [1.82, 2.24) is 0 Å².